The Labute approximate surface area is 125 Å². The van der Waals surface area contributed by atoms with E-state index in [2.05, 4.69) is 25.4 Å². The SMILES string of the molecule is CC(NCl)C(=O)Nc1ccc(F)cc1Nc1cnccn1. The molecule has 0 fully saturated rings. The van der Waals surface area contributed by atoms with E-state index >= 15 is 0 Å². The minimum atomic E-state index is -0.596. The number of aromatic nitrogens is 2. The normalized spacial score (nSPS) is 11.8. The number of hydrogen-bond acceptors (Lipinski definition) is 5. The summed E-state index contributed by atoms with van der Waals surface area (Å²) in [5, 5.41) is 5.54. The summed E-state index contributed by atoms with van der Waals surface area (Å²) in [7, 11) is 0. The van der Waals surface area contributed by atoms with Crippen LogP contribution in [-0.2, 0) is 4.79 Å². The van der Waals surface area contributed by atoms with Gasteiger partial charge in [0.25, 0.3) is 0 Å². The average Bonchev–Trinajstić information content (AvgIpc) is 2.50. The van der Waals surface area contributed by atoms with Crippen molar-refractivity contribution < 1.29 is 9.18 Å². The highest BCUT2D eigenvalue weighted by Gasteiger charge is 2.14. The number of hydrogen-bond donors (Lipinski definition) is 3. The van der Waals surface area contributed by atoms with Gasteiger partial charge in [-0.1, -0.05) is 0 Å². The molecule has 2 aromatic rings. The molecule has 0 aliphatic carbocycles. The van der Waals surface area contributed by atoms with E-state index in [-0.39, 0.29) is 5.91 Å². The lowest BCUT2D eigenvalue weighted by atomic mass is 10.2. The van der Waals surface area contributed by atoms with Crippen molar-refractivity contribution in [2.45, 2.75) is 13.0 Å². The third kappa shape index (κ3) is 4.11. The molecule has 0 bridgehead atoms. The summed E-state index contributed by atoms with van der Waals surface area (Å²) in [6, 6.07) is 3.35. The summed E-state index contributed by atoms with van der Waals surface area (Å²) in [6.45, 7) is 1.60. The number of halogens is 2. The van der Waals surface area contributed by atoms with E-state index in [4.69, 9.17) is 11.8 Å². The lowest BCUT2D eigenvalue weighted by Gasteiger charge is -2.14. The monoisotopic (exact) mass is 309 g/mol. The van der Waals surface area contributed by atoms with Gasteiger partial charge in [-0.05, 0) is 36.9 Å². The second-order valence-electron chi connectivity index (χ2n) is 4.23. The molecule has 110 valence electrons. The molecule has 1 aromatic carbocycles. The maximum absolute atomic E-state index is 13.4. The van der Waals surface area contributed by atoms with Crippen molar-refractivity contribution in [3.8, 4) is 0 Å². The summed E-state index contributed by atoms with van der Waals surface area (Å²) in [5.74, 6) is -0.358. The zero-order chi connectivity index (χ0) is 15.2. The fourth-order valence-electron chi connectivity index (χ4n) is 1.52. The van der Waals surface area contributed by atoms with E-state index in [0.29, 0.717) is 17.2 Å². The number of carbonyl (C=O) groups is 1. The minimum absolute atomic E-state index is 0.348. The van der Waals surface area contributed by atoms with Gasteiger partial charge in [-0.25, -0.2) is 14.2 Å². The molecule has 1 atom stereocenters. The highest BCUT2D eigenvalue weighted by Crippen LogP contribution is 2.25. The standard InChI is InChI=1S/C13H13ClFN5O/c1-8(20-14)13(21)19-10-3-2-9(15)6-11(10)18-12-7-16-4-5-17-12/h2-8,20H,1H3,(H,17,18)(H,19,21). The van der Waals surface area contributed by atoms with Gasteiger partial charge in [-0.2, -0.15) is 0 Å². The summed E-state index contributed by atoms with van der Waals surface area (Å²) < 4.78 is 13.4. The first-order chi connectivity index (χ1) is 10.1. The molecule has 0 radical (unpaired) electrons. The van der Waals surface area contributed by atoms with Crippen LogP contribution in [0.2, 0.25) is 0 Å². The van der Waals surface area contributed by atoms with Gasteiger partial charge in [0, 0.05) is 12.4 Å². The number of amides is 1. The molecule has 1 aromatic heterocycles. The number of nitrogens with zero attached hydrogens (tertiary/aromatic N) is 2. The van der Waals surface area contributed by atoms with E-state index in [0.717, 1.165) is 0 Å². The smallest absolute Gasteiger partial charge is 0.242 e. The largest absolute Gasteiger partial charge is 0.337 e. The Bertz CT molecular complexity index is 625. The molecule has 6 nitrogen and oxygen atoms in total. The number of anilines is 3. The second kappa shape index (κ2) is 6.96. The first-order valence-electron chi connectivity index (χ1n) is 6.10. The van der Waals surface area contributed by atoms with Gasteiger partial charge in [0.15, 0.2) is 0 Å². The number of carbonyl (C=O) groups excluding carboxylic acids is 1. The molecular formula is C13H13ClFN5O. The third-order valence-corrected chi connectivity index (χ3v) is 2.95. The zero-order valence-corrected chi connectivity index (χ0v) is 11.9. The highest BCUT2D eigenvalue weighted by molar-refractivity contribution is 6.15. The Balaban J connectivity index is 2.23. The maximum Gasteiger partial charge on any atom is 0.242 e. The van der Waals surface area contributed by atoms with Crippen LogP contribution < -0.4 is 15.5 Å². The summed E-state index contributed by atoms with van der Waals surface area (Å²) in [6.07, 6.45) is 4.51. The van der Waals surface area contributed by atoms with Gasteiger partial charge in [-0.15, -0.1) is 0 Å². The number of nitrogens with one attached hydrogen (secondary N) is 3. The maximum atomic E-state index is 13.4. The van der Waals surface area contributed by atoms with Crippen molar-refractivity contribution >= 4 is 34.9 Å². The molecule has 3 N–H and O–H groups in total. The average molecular weight is 310 g/mol. The van der Waals surface area contributed by atoms with Crippen LogP contribution in [-0.4, -0.2) is 21.9 Å². The first-order valence-corrected chi connectivity index (χ1v) is 6.47. The third-order valence-electron chi connectivity index (χ3n) is 2.62. The van der Waals surface area contributed by atoms with Gasteiger partial charge in [0.2, 0.25) is 5.91 Å². The van der Waals surface area contributed by atoms with Crippen molar-refractivity contribution in [3.05, 3.63) is 42.6 Å². The van der Waals surface area contributed by atoms with Crippen LogP contribution >= 0.6 is 11.8 Å². The molecular weight excluding hydrogens is 297 g/mol. The van der Waals surface area contributed by atoms with Crippen LogP contribution in [0.3, 0.4) is 0 Å². The fraction of sp³-hybridized carbons (Fsp3) is 0.154. The first kappa shape index (κ1) is 15.1. The number of rotatable bonds is 5. The molecule has 0 saturated heterocycles. The zero-order valence-electron chi connectivity index (χ0n) is 11.1. The Morgan fingerprint density at radius 2 is 2.14 bits per heavy atom. The van der Waals surface area contributed by atoms with Gasteiger partial charge < -0.3 is 10.6 Å². The second-order valence-corrected chi connectivity index (χ2v) is 4.44. The Morgan fingerprint density at radius 3 is 2.81 bits per heavy atom. The highest BCUT2D eigenvalue weighted by atomic mass is 35.5. The van der Waals surface area contributed by atoms with Crippen molar-refractivity contribution in [2.75, 3.05) is 10.6 Å². The molecule has 0 aliphatic rings. The van der Waals surface area contributed by atoms with E-state index in [1.54, 1.807) is 6.92 Å². The van der Waals surface area contributed by atoms with Gasteiger partial charge in [0.1, 0.15) is 11.6 Å². The summed E-state index contributed by atoms with van der Waals surface area (Å²) in [4.78, 5) is 22.1. The molecule has 2 rings (SSSR count). The van der Waals surface area contributed by atoms with E-state index in [1.165, 1.54) is 36.8 Å². The van der Waals surface area contributed by atoms with Crippen LogP contribution in [0.25, 0.3) is 0 Å². The molecule has 0 saturated carbocycles. The Morgan fingerprint density at radius 1 is 1.33 bits per heavy atom. The van der Waals surface area contributed by atoms with Crippen LogP contribution in [0.4, 0.5) is 21.6 Å². The minimum Gasteiger partial charge on any atom is -0.337 e. The topological polar surface area (TPSA) is 78.9 Å². The van der Waals surface area contributed by atoms with Crippen molar-refractivity contribution in [1.82, 2.24) is 14.8 Å². The lowest BCUT2D eigenvalue weighted by Crippen LogP contribution is -2.33. The number of benzene rings is 1. The van der Waals surface area contributed by atoms with Crippen LogP contribution in [0, 0.1) is 5.82 Å². The quantitative estimate of drug-likeness (QED) is 0.739. The van der Waals surface area contributed by atoms with Crippen molar-refractivity contribution in [1.29, 1.82) is 0 Å². The fourth-order valence-corrected chi connectivity index (χ4v) is 1.62. The molecule has 0 aliphatic heterocycles. The summed E-state index contributed by atoms with van der Waals surface area (Å²) >= 11 is 5.40. The predicted molar refractivity (Wildman–Crippen MR) is 78.8 cm³/mol. The molecule has 1 amide bonds. The Hall–Kier alpha value is -2.25. The van der Waals surface area contributed by atoms with Gasteiger partial charge >= 0.3 is 0 Å². The van der Waals surface area contributed by atoms with E-state index in [9.17, 15) is 9.18 Å². The van der Waals surface area contributed by atoms with Gasteiger partial charge in [0.05, 0.1) is 23.6 Å². The van der Waals surface area contributed by atoms with Crippen LogP contribution in [0.1, 0.15) is 6.92 Å². The van der Waals surface area contributed by atoms with Crippen molar-refractivity contribution in [3.63, 3.8) is 0 Å². The molecule has 8 heteroatoms. The molecule has 1 heterocycles. The molecule has 1 unspecified atom stereocenters. The van der Waals surface area contributed by atoms with Gasteiger partial charge in [-0.3, -0.25) is 9.78 Å². The molecule has 0 spiro atoms. The summed E-state index contributed by atoms with van der Waals surface area (Å²) in [5.41, 5.74) is 0.774. The van der Waals surface area contributed by atoms with Crippen molar-refractivity contribution in [2.24, 2.45) is 0 Å². The van der Waals surface area contributed by atoms with Crippen LogP contribution in [0.15, 0.2) is 36.8 Å². The van der Waals surface area contributed by atoms with Crippen LogP contribution in [0.5, 0.6) is 0 Å². The van der Waals surface area contributed by atoms with E-state index < -0.39 is 11.9 Å². The molecule has 21 heavy (non-hydrogen) atoms. The Kier molecular flexibility index (Phi) is 5.02. The van der Waals surface area contributed by atoms with E-state index in [1.807, 2.05) is 0 Å². The predicted octanol–water partition coefficient (Wildman–Crippen LogP) is 2.43. The lowest BCUT2D eigenvalue weighted by molar-refractivity contribution is -0.117.